The number of non-ortho nitro benzene ring substituents is 1. The summed E-state index contributed by atoms with van der Waals surface area (Å²) in [5.74, 6) is 0. The Morgan fingerprint density at radius 3 is 2.76 bits per heavy atom. The van der Waals surface area contributed by atoms with Crippen molar-refractivity contribution in [3.8, 4) is 0 Å². The molecule has 0 aromatic heterocycles. The summed E-state index contributed by atoms with van der Waals surface area (Å²) in [4.78, 5) is 15.5. The van der Waals surface area contributed by atoms with Crippen LogP contribution in [0, 0.1) is 10.1 Å². The van der Waals surface area contributed by atoms with E-state index in [0.717, 1.165) is 18.7 Å². The van der Waals surface area contributed by atoms with E-state index in [1.165, 1.54) is 38.4 Å². The third kappa shape index (κ3) is 3.16. The Balaban J connectivity index is 1.64. The molecular formula is C15H22N4O2. The maximum Gasteiger partial charge on any atom is 0.269 e. The van der Waals surface area contributed by atoms with E-state index in [2.05, 4.69) is 9.80 Å². The number of nitrogens with two attached hydrogens (primary N) is 1. The summed E-state index contributed by atoms with van der Waals surface area (Å²) < 4.78 is 0. The molecule has 21 heavy (non-hydrogen) atoms. The van der Waals surface area contributed by atoms with E-state index in [9.17, 15) is 10.1 Å². The van der Waals surface area contributed by atoms with Crippen LogP contribution in [-0.2, 0) is 6.54 Å². The molecule has 2 saturated heterocycles. The summed E-state index contributed by atoms with van der Waals surface area (Å²) in [7, 11) is 0. The molecule has 1 aromatic rings. The Morgan fingerprint density at radius 1 is 1.29 bits per heavy atom. The van der Waals surface area contributed by atoms with Crippen molar-refractivity contribution >= 4 is 11.4 Å². The fraction of sp³-hybridized carbons (Fsp3) is 0.600. The highest BCUT2D eigenvalue weighted by molar-refractivity contribution is 5.52. The minimum Gasteiger partial charge on any atom is -0.398 e. The minimum absolute atomic E-state index is 0.120. The van der Waals surface area contributed by atoms with Crippen LogP contribution in [0.4, 0.5) is 11.4 Å². The van der Waals surface area contributed by atoms with Crippen molar-refractivity contribution in [1.82, 2.24) is 9.80 Å². The molecule has 0 spiro atoms. The molecule has 0 saturated carbocycles. The standard InChI is InChI=1S/C15H22N4O2/c16-15-4-3-13(19(20)21)9-12(15)10-17-8-5-14(11-17)18-6-1-2-7-18/h3-4,9,14H,1-2,5-8,10-11,16H2. The first-order valence-corrected chi connectivity index (χ1v) is 7.62. The predicted octanol–water partition coefficient (Wildman–Crippen LogP) is 1.85. The molecule has 6 heteroatoms. The van der Waals surface area contributed by atoms with Crippen molar-refractivity contribution in [3.05, 3.63) is 33.9 Å². The Hall–Kier alpha value is -1.66. The van der Waals surface area contributed by atoms with Gasteiger partial charge in [-0.3, -0.25) is 19.9 Å². The van der Waals surface area contributed by atoms with Gasteiger partial charge in [0.15, 0.2) is 0 Å². The number of nitro groups is 1. The SMILES string of the molecule is Nc1ccc([N+](=O)[O-])cc1CN1CCC(N2CCCC2)C1. The van der Waals surface area contributed by atoms with Gasteiger partial charge in [-0.15, -0.1) is 0 Å². The number of anilines is 1. The fourth-order valence-corrected chi connectivity index (χ4v) is 3.44. The van der Waals surface area contributed by atoms with E-state index in [-0.39, 0.29) is 10.6 Å². The first-order chi connectivity index (χ1) is 10.1. The second-order valence-electron chi connectivity index (χ2n) is 6.06. The number of nitrogens with zero attached hydrogens (tertiary/aromatic N) is 3. The van der Waals surface area contributed by atoms with Crippen molar-refractivity contribution < 1.29 is 4.92 Å². The summed E-state index contributed by atoms with van der Waals surface area (Å²) in [6, 6.07) is 5.36. The van der Waals surface area contributed by atoms with Gasteiger partial charge in [0.25, 0.3) is 5.69 Å². The average Bonchev–Trinajstić information content (AvgIpc) is 3.11. The number of rotatable bonds is 4. The van der Waals surface area contributed by atoms with Gasteiger partial charge >= 0.3 is 0 Å². The van der Waals surface area contributed by atoms with Gasteiger partial charge < -0.3 is 5.73 Å². The molecular weight excluding hydrogens is 268 g/mol. The number of likely N-dealkylation sites (tertiary alicyclic amines) is 2. The summed E-state index contributed by atoms with van der Waals surface area (Å²) in [6.07, 6.45) is 3.82. The molecule has 0 aliphatic carbocycles. The van der Waals surface area contributed by atoms with Crippen LogP contribution < -0.4 is 5.73 Å². The number of nitro benzene ring substituents is 1. The number of nitrogen functional groups attached to an aromatic ring is 1. The van der Waals surface area contributed by atoms with Crippen molar-refractivity contribution in [2.24, 2.45) is 0 Å². The number of benzene rings is 1. The lowest BCUT2D eigenvalue weighted by Gasteiger charge is -2.23. The van der Waals surface area contributed by atoms with Crippen LogP contribution in [0.5, 0.6) is 0 Å². The van der Waals surface area contributed by atoms with Gasteiger partial charge in [0.05, 0.1) is 4.92 Å². The van der Waals surface area contributed by atoms with Crippen molar-refractivity contribution in [2.75, 3.05) is 31.9 Å². The van der Waals surface area contributed by atoms with E-state index in [4.69, 9.17) is 5.73 Å². The molecule has 6 nitrogen and oxygen atoms in total. The van der Waals surface area contributed by atoms with Crippen molar-refractivity contribution in [3.63, 3.8) is 0 Å². The lowest BCUT2D eigenvalue weighted by atomic mass is 10.1. The maximum absolute atomic E-state index is 10.9. The van der Waals surface area contributed by atoms with Crippen LogP contribution in [0.25, 0.3) is 0 Å². The van der Waals surface area contributed by atoms with E-state index in [0.29, 0.717) is 18.3 Å². The quantitative estimate of drug-likeness (QED) is 0.520. The summed E-state index contributed by atoms with van der Waals surface area (Å²) in [6.45, 7) is 5.23. The van der Waals surface area contributed by atoms with Crippen LogP contribution in [0.2, 0.25) is 0 Å². The largest absolute Gasteiger partial charge is 0.398 e. The van der Waals surface area contributed by atoms with Crippen LogP contribution in [-0.4, -0.2) is 46.9 Å². The van der Waals surface area contributed by atoms with Crippen LogP contribution in [0.1, 0.15) is 24.8 Å². The number of hydrogen-bond donors (Lipinski definition) is 1. The Labute approximate surface area is 124 Å². The molecule has 1 unspecified atom stereocenters. The molecule has 2 aliphatic heterocycles. The topological polar surface area (TPSA) is 75.6 Å². The van der Waals surface area contributed by atoms with Gasteiger partial charge in [0.1, 0.15) is 0 Å². The van der Waals surface area contributed by atoms with Gasteiger partial charge in [0.2, 0.25) is 0 Å². The van der Waals surface area contributed by atoms with Gasteiger partial charge in [-0.1, -0.05) is 0 Å². The third-order valence-electron chi connectivity index (χ3n) is 4.64. The van der Waals surface area contributed by atoms with Crippen molar-refractivity contribution in [1.29, 1.82) is 0 Å². The summed E-state index contributed by atoms with van der Waals surface area (Å²) in [5, 5.41) is 10.9. The molecule has 114 valence electrons. The van der Waals surface area contributed by atoms with Gasteiger partial charge in [-0.25, -0.2) is 0 Å². The molecule has 2 fully saturated rings. The first kappa shape index (κ1) is 14.3. The minimum atomic E-state index is -0.361. The van der Waals surface area contributed by atoms with Crippen LogP contribution >= 0.6 is 0 Å². The lowest BCUT2D eigenvalue weighted by Crippen LogP contribution is -2.35. The van der Waals surface area contributed by atoms with E-state index >= 15 is 0 Å². The molecule has 1 aromatic carbocycles. The Morgan fingerprint density at radius 2 is 2.05 bits per heavy atom. The zero-order valence-electron chi connectivity index (χ0n) is 12.2. The van der Waals surface area contributed by atoms with Crippen LogP contribution in [0.15, 0.2) is 18.2 Å². The summed E-state index contributed by atoms with van der Waals surface area (Å²) in [5.41, 5.74) is 7.60. The molecule has 2 aliphatic rings. The molecule has 2 heterocycles. The average molecular weight is 290 g/mol. The molecule has 1 atom stereocenters. The molecule has 0 bridgehead atoms. The Bertz CT molecular complexity index is 528. The maximum atomic E-state index is 10.9. The van der Waals surface area contributed by atoms with E-state index in [1.54, 1.807) is 12.1 Å². The van der Waals surface area contributed by atoms with Gasteiger partial charge in [-0.2, -0.15) is 0 Å². The van der Waals surface area contributed by atoms with E-state index < -0.39 is 0 Å². The normalized spacial score (nSPS) is 23.7. The number of hydrogen-bond acceptors (Lipinski definition) is 5. The van der Waals surface area contributed by atoms with Gasteiger partial charge in [0, 0.05) is 43.5 Å². The zero-order valence-corrected chi connectivity index (χ0v) is 12.2. The fourth-order valence-electron chi connectivity index (χ4n) is 3.44. The molecule has 2 N–H and O–H groups in total. The molecule has 3 rings (SSSR count). The smallest absolute Gasteiger partial charge is 0.269 e. The third-order valence-corrected chi connectivity index (χ3v) is 4.64. The highest BCUT2D eigenvalue weighted by Gasteiger charge is 2.29. The summed E-state index contributed by atoms with van der Waals surface area (Å²) >= 11 is 0. The Kier molecular flexibility index (Phi) is 4.07. The monoisotopic (exact) mass is 290 g/mol. The molecule has 0 radical (unpaired) electrons. The highest BCUT2D eigenvalue weighted by Crippen LogP contribution is 2.25. The highest BCUT2D eigenvalue weighted by atomic mass is 16.6. The lowest BCUT2D eigenvalue weighted by molar-refractivity contribution is -0.384. The second kappa shape index (κ2) is 5.99. The molecule has 0 amide bonds. The van der Waals surface area contributed by atoms with Crippen molar-refractivity contribution in [2.45, 2.75) is 31.8 Å². The first-order valence-electron chi connectivity index (χ1n) is 7.62. The zero-order chi connectivity index (χ0) is 14.8. The predicted molar refractivity (Wildman–Crippen MR) is 82.0 cm³/mol. The van der Waals surface area contributed by atoms with Crippen LogP contribution in [0.3, 0.4) is 0 Å². The second-order valence-corrected chi connectivity index (χ2v) is 6.06. The van der Waals surface area contributed by atoms with E-state index in [1.807, 2.05) is 0 Å². The van der Waals surface area contributed by atoms with Gasteiger partial charge in [-0.05, 0) is 44.0 Å².